The summed E-state index contributed by atoms with van der Waals surface area (Å²) in [6, 6.07) is 2.90. The Morgan fingerprint density at radius 1 is 1.32 bits per heavy atom. The van der Waals surface area contributed by atoms with Crippen molar-refractivity contribution in [2.24, 2.45) is 0 Å². The number of hydrogen-bond donors (Lipinski definition) is 1. The molecule has 1 heterocycles. The fourth-order valence-corrected chi connectivity index (χ4v) is 1.67. The van der Waals surface area contributed by atoms with Gasteiger partial charge in [-0.1, -0.05) is 0 Å². The number of nitrogens with zero attached hydrogens (tertiary/aromatic N) is 2. The normalized spacial score (nSPS) is 12.1. The smallest absolute Gasteiger partial charge is 0.390 e. The van der Waals surface area contributed by atoms with Crippen LogP contribution in [0.4, 0.5) is 18.9 Å². The van der Waals surface area contributed by atoms with E-state index in [2.05, 4.69) is 0 Å². The maximum absolute atomic E-state index is 12.0. The number of pyridine rings is 1. The van der Waals surface area contributed by atoms with Crippen LogP contribution in [0.25, 0.3) is 0 Å². The van der Waals surface area contributed by atoms with Crippen LogP contribution in [-0.4, -0.2) is 35.8 Å². The van der Waals surface area contributed by atoms with Crippen molar-refractivity contribution in [2.45, 2.75) is 25.6 Å². The molecule has 0 saturated carbocycles. The maximum atomic E-state index is 12.0. The summed E-state index contributed by atoms with van der Waals surface area (Å²) in [6.07, 6.45) is -2.81. The largest absolute Gasteiger partial charge is 0.398 e. The first-order valence-corrected chi connectivity index (χ1v) is 5.99. The summed E-state index contributed by atoms with van der Waals surface area (Å²) in [7, 11) is 1.63. The lowest BCUT2D eigenvalue weighted by Gasteiger charge is -2.17. The first-order valence-electron chi connectivity index (χ1n) is 5.99. The molecule has 1 aromatic rings. The van der Waals surface area contributed by atoms with Crippen molar-refractivity contribution in [1.29, 1.82) is 0 Å². The van der Waals surface area contributed by atoms with Crippen LogP contribution in [0.3, 0.4) is 0 Å². The van der Waals surface area contributed by atoms with Gasteiger partial charge in [-0.15, -0.1) is 0 Å². The second kappa shape index (κ2) is 6.60. The zero-order valence-electron chi connectivity index (χ0n) is 10.8. The average Bonchev–Trinajstić information content (AvgIpc) is 2.30. The number of rotatable bonds is 6. The van der Waals surface area contributed by atoms with Crippen molar-refractivity contribution in [2.75, 3.05) is 25.9 Å². The Labute approximate surface area is 109 Å². The lowest BCUT2D eigenvalue weighted by molar-refractivity contribution is -0.137. The fraction of sp³-hybridized carbons (Fsp3) is 0.583. The van der Waals surface area contributed by atoms with Gasteiger partial charge in [-0.05, 0) is 26.1 Å². The molecule has 0 unspecified atom stereocenters. The van der Waals surface area contributed by atoms with Crippen molar-refractivity contribution in [3.63, 3.8) is 0 Å². The number of anilines is 1. The third kappa shape index (κ3) is 6.28. The van der Waals surface area contributed by atoms with E-state index in [1.165, 1.54) is 22.9 Å². The van der Waals surface area contributed by atoms with Crippen LogP contribution in [0, 0.1) is 0 Å². The van der Waals surface area contributed by atoms with Gasteiger partial charge in [0.25, 0.3) is 5.56 Å². The first kappa shape index (κ1) is 15.6. The summed E-state index contributed by atoms with van der Waals surface area (Å²) in [5, 5.41) is 0. The molecule has 0 aliphatic carbocycles. The van der Waals surface area contributed by atoms with Crippen LogP contribution < -0.4 is 11.3 Å². The Morgan fingerprint density at radius 3 is 2.63 bits per heavy atom. The van der Waals surface area contributed by atoms with Gasteiger partial charge in [0.15, 0.2) is 0 Å². The number of aromatic nitrogens is 1. The summed E-state index contributed by atoms with van der Waals surface area (Å²) in [5.41, 5.74) is 5.89. The third-order valence-corrected chi connectivity index (χ3v) is 2.72. The SMILES string of the molecule is CN(CCCn1cc(N)ccc1=O)CCC(F)(F)F. The first-order chi connectivity index (χ1) is 8.78. The van der Waals surface area contributed by atoms with Crippen LogP contribution >= 0.6 is 0 Å². The van der Waals surface area contributed by atoms with E-state index in [1.807, 2.05) is 0 Å². The van der Waals surface area contributed by atoms with Crippen molar-refractivity contribution < 1.29 is 13.2 Å². The summed E-state index contributed by atoms with van der Waals surface area (Å²) in [6.45, 7) is 0.910. The number of hydrogen-bond acceptors (Lipinski definition) is 3. The number of aryl methyl sites for hydroxylation is 1. The van der Waals surface area contributed by atoms with E-state index in [9.17, 15) is 18.0 Å². The minimum Gasteiger partial charge on any atom is -0.398 e. The Balaban J connectivity index is 2.34. The van der Waals surface area contributed by atoms with Crippen molar-refractivity contribution >= 4 is 5.69 Å². The highest BCUT2D eigenvalue weighted by atomic mass is 19.4. The molecule has 1 rings (SSSR count). The van der Waals surface area contributed by atoms with Crippen LogP contribution in [0.1, 0.15) is 12.8 Å². The molecule has 0 aromatic carbocycles. The van der Waals surface area contributed by atoms with E-state index in [1.54, 1.807) is 11.9 Å². The van der Waals surface area contributed by atoms with Gasteiger partial charge in [-0.25, -0.2) is 0 Å². The quantitative estimate of drug-likeness (QED) is 0.861. The summed E-state index contributed by atoms with van der Waals surface area (Å²) in [5.74, 6) is 0. The maximum Gasteiger partial charge on any atom is 0.390 e. The van der Waals surface area contributed by atoms with Gasteiger partial charge in [0.05, 0.1) is 6.42 Å². The lowest BCUT2D eigenvalue weighted by atomic mass is 10.3. The monoisotopic (exact) mass is 277 g/mol. The molecule has 108 valence electrons. The van der Waals surface area contributed by atoms with Crippen LogP contribution in [-0.2, 0) is 6.54 Å². The zero-order valence-corrected chi connectivity index (χ0v) is 10.8. The highest BCUT2D eigenvalue weighted by molar-refractivity contribution is 5.33. The van der Waals surface area contributed by atoms with Crippen molar-refractivity contribution in [3.05, 3.63) is 28.7 Å². The van der Waals surface area contributed by atoms with Gasteiger partial charge in [0, 0.05) is 31.0 Å². The fourth-order valence-electron chi connectivity index (χ4n) is 1.67. The zero-order chi connectivity index (χ0) is 14.5. The van der Waals surface area contributed by atoms with E-state index < -0.39 is 12.6 Å². The minimum atomic E-state index is -4.13. The summed E-state index contributed by atoms with van der Waals surface area (Å²) < 4.78 is 37.5. The van der Waals surface area contributed by atoms with Crippen molar-refractivity contribution in [3.8, 4) is 0 Å². The van der Waals surface area contributed by atoms with Gasteiger partial charge < -0.3 is 15.2 Å². The number of halogens is 3. The van der Waals surface area contributed by atoms with Crippen LogP contribution in [0.5, 0.6) is 0 Å². The standard InChI is InChI=1S/C12H18F3N3O/c1-17(8-5-12(13,14)15)6-2-7-18-9-10(16)3-4-11(18)19/h3-4,9H,2,5-8,16H2,1H3. The van der Waals surface area contributed by atoms with Gasteiger partial charge in [-0.2, -0.15) is 13.2 Å². The van der Waals surface area contributed by atoms with Crippen LogP contribution in [0.2, 0.25) is 0 Å². The molecule has 2 N–H and O–H groups in total. The highest BCUT2D eigenvalue weighted by Gasteiger charge is 2.26. The molecule has 0 saturated heterocycles. The molecule has 0 bridgehead atoms. The van der Waals surface area contributed by atoms with E-state index in [4.69, 9.17) is 5.73 Å². The Morgan fingerprint density at radius 2 is 2.00 bits per heavy atom. The van der Waals surface area contributed by atoms with Crippen molar-refractivity contribution in [1.82, 2.24) is 9.47 Å². The second-order valence-electron chi connectivity index (χ2n) is 4.52. The second-order valence-corrected chi connectivity index (χ2v) is 4.52. The summed E-state index contributed by atoms with van der Waals surface area (Å²) >= 11 is 0. The van der Waals surface area contributed by atoms with Crippen LogP contribution in [0.15, 0.2) is 23.1 Å². The molecular formula is C12H18F3N3O. The molecule has 4 nitrogen and oxygen atoms in total. The molecule has 19 heavy (non-hydrogen) atoms. The molecule has 0 amide bonds. The van der Waals surface area contributed by atoms with Gasteiger partial charge in [0.2, 0.25) is 0 Å². The van der Waals surface area contributed by atoms with Gasteiger partial charge in [0.1, 0.15) is 0 Å². The number of nitrogens with two attached hydrogens (primary N) is 1. The molecule has 1 aromatic heterocycles. The molecule has 0 aliphatic rings. The molecule has 7 heteroatoms. The van der Waals surface area contributed by atoms with Gasteiger partial charge >= 0.3 is 6.18 Å². The minimum absolute atomic E-state index is 0.0324. The molecule has 0 aliphatic heterocycles. The number of alkyl halides is 3. The third-order valence-electron chi connectivity index (χ3n) is 2.72. The van der Waals surface area contributed by atoms with E-state index in [-0.39, 0.29) is 12.1 Å². The predicted octanol–water partition coefficient (Wildman–Crippen LogP) is 1.70. The van der Waals surface area contributed by atoms with E-state index >= 15 is 0 Å². The molecule has 0 fully saturated rings. The number of nitrogen functional groups attached to an aromatic ring is 1. The van der Waals surface area contributed by atoms with Gasteiger partial charge in [-0.3, -0.25) is 4.79 Å². The molecule has 0 atom stereocenters. The molecular weight excluding hydrogens is 259 g/mol. The summed E-state index contributed by atoms with van der Waals surface area (Å²) in [4.78, 5) is 13.1. The molecule has 0 radical (unpaired) electrons. The predicted molar refractivity (Wildman–Crippen MR) is 67.9 cm³/mol. The lowest BCUT2D eigenvalue weighted by Crippen LogP contribution is -2.27. The topological polar surface area (TPSA) is 51.3 Å². The average molecular weight is 277 g/mol. The molecule has 0 spiro atoms. The van der Waals surface area contributed by atoms with E-state index in [0.29, 0.717) is 25.2 Å². The Kier molecular flexibility index (Phi) is 5.41. The Hall–Kier alpha value is -1.50. The Bertz CT molecular complexity index is 456. The highest BCUT2D eigenvalue weighted by Crippen LogP contribution is 2.19. The van der Waals surface area contributed by atoms with E-state index in [0.717, 1.165) is 0 Å².